The van der Waals surface area contributed by atoms with E-state index in [0.717, 1.165) is 17.7 Å². The molecule has 2 rings (SSSR count). The fraction of sp³-hybridized carbons (Fsp3) is 0.267. The summed E-state index contributed by atoms with van der Waals surface area (Å²) in [4.78, 5) is 4.24. The topological polar surface area (TPSA) is 48.1 Å². The van der Waals surface area contributed by atoms with Crippen LogP contribution in [0.3, 0.4) is 0 Å². The summed E-state index contributed by atoms with van der Waals surface area (Å²) in [5.41, 5.74) is 8.06. The summed E-state index contributed by atoms with van der Waals surface area (Å²) in [7, 11) is 0. The minimum atomic E-state index is -0.00427. The van der Waals surface area contributed by atoms with Crippen molar-refractivity contribution >= 4 is 0 Å². The number of ether oxygens (including phenoxy) is 1. The standard InChI is InChI=1S/C15H18N2O/c1-3-12-4-7-14(8-5-12)18-15-9-6-13(10-17-15)11(2)16/h4-11H,3,16H2,1-2H3/t11-/m1/s1. The molecule has 0 unspecified atom stereocenters. The van der Waals surface area contributed by atoms with Crippen molar-refractivity contribution in [1.82, 2.24) is 4.98 Å². The van der Waals surface area contributed by atoms with Crippen molar-refractivity contribution in [3.63, 3.8) is 0 Å². The molecule has 0 radical (unpaired) electrons. The van der Waals surface area contributed by atoms with Gasteiger partial charge in [0.25, 0.3) is 0 Å². The van der Waals surface area contributed by atoms with Gasteiger partial charge in [0.15, 0.2) is 0 Å². The highest BCUT2D eigenvalue weighted by molar-refractivity contribution is 5.31. The number of nitrogens with two attached hydrogens (primary N) is 1. The summed E-state index contributed by atoms with van der Waals surface area (Å²) in [6.07, 6.45) is 2.78. The van der Waals surface area contributed by atoms with Crippen LogP contribution in [-0.2, 0) is 6.42 Å². The Morgan fingerprint density at radius 2 is 1.89 bits per heavy atom. The fourth-order valence-electron chi connectivity index (χ4n) is 1.64. The summed E-state index contributed by atoms with van der Waals surface area (Å²) in [5, 5.41) is 0. The molecule has 0 aliphatic heterocycles. The van der Waals surface area contributed by atoms with Gasteiger partial charge in [0, 0.05) is 18.3 Å². The number of benzene rings is 1. The Morgan fingerprint density at radius 3 is 2.39 bits per heavy atom. The monoisotopic (exact) mass is 242 g/mol. The first kappa shape index (κ1) is 12.6. The van der Waals surface area contributed by atoms with Crippen molar-refractivity contribution in [3.8, 4) is 11.6 Å². The Hall–Kier alpha value is -1.87. The second-order valence-corrected chi connectivity index (χ2v) is 4.32. The Morgan fingerprint density at radius 1 is 1.17 bits per heavy atom. The lowest BCUT2D eigenvalue weighted by atomic mass is 10.1. The van der Waals surface area contributed by atoms with Crippen molar-refractivity contribution in [2.75, 3.05) is 0 Å². The van der Waals surface area contributed by atoms with Crippen molar-refractivity contribution in [1.29, 1.82) is 0 Å². The molecule has 0 fully saturated rings. The maximum absolute atomic E-state index is 5.77. The van der Waals surface area contributed by atoms with E-state index in [0.29, 0.717) is 5.88 Å². The van der Waals surface area contributed by atoms with E-state index in [1.807, 2.05) is 31.2 Å². The third kappa shape index (κ3) is 3.08. The summed E-state index contributed by atoms with van der Waals surface area (Å²) in [6.45, 7) is 4.06. The molecule has 2 N–H and O–H groups in total. The van der Waals surface area contributed by atoms with E-state index in [2.05, 4.69) is 24.0 Å². The number of hydrogen-bond donors (Lipinski definition) is 1. The molecular formula is C15H18N2O. The van der Waals surface area contributed by atoms with Crippen molar-refractivity contribution < 1.29 is 4.74 Å². The van der Waals surface area contributed by atoms with Gasteiger partial charge in [0.1, 0.15) is 5.75 Å². The third-order valence-electron chi connectivity index (χ3n) is 2.84. The molecule has 94 valence electrons. The molecule has 1 aromatic heterocycles. The number of nitrogens with zero attached hydrogens (tertiary/aromatic N) is 1. The number of hydrogen-bond acceptors (Lipinski definition) is 3. The highest BCUT2D eigenvalue weighted by atomic mass is 16.5. The van der Waals surface area contributed by atoms with Crippen LogP contribution in [0.25, 0.3) is 0 Å². The second-order valence-electron chi connectivity index (χ2n) is 4.32. The molecule has 0 bridgehead atoms. The lowest BCUT2D eigenvalue weighted by molar-refractivity contribution is 0.462. The first-order valence-electron chi connectivity index (χ1n) is 6.17. The smallest absolute Gasteiger partial charge is 0.219 e. The van der Waals surface area contributed by atoms with Crippen LogP contribution in [0.15, 0.2) is 42.6 Å². The average molecular weight is 242 g/mol. The summed E-state index contributed by atoms with van der Waals surface area (Å²) in [5.74, 6) is 1.39. The van der Waals surface area contributed by atoms with Crippen LogP contribution in [-0.4, -0.2) is 4.98 Å². The van der Waals surface area contributed by atoms with Crippen molar-refractivity contribution in [2.24, 2.45) is 5.73 Å². The van der Waals surface area contributed by atoms with E-state index in [9.17, 15) is 0 Å². The Labute approximate surface area is 108 Å². The second kappa shape index (κ2) is 5.65. The van der Waals surface area contributed by atoms with Crippen molar-refractivity contribution in [3.05, 3.63) is 53.7 Å². The molecule has 0 saturated heterocycles. The molecule has 1 aromatic carbocycles. The predicted molar refractivity (Wildman–Crippen MR) is 72.7 cm³/mol. The minimum Gasteiger partial charge on any atom is -0.439 e. The van der Waals surface area contributed by atoms with E-state index in [4.69, 9.17) is 10.5 Å². The lowest BCUT2D eigenvalue weighted by Crippen LogP contribution is -2.05. The number of rotatable bonds is 4. The van der Waals surface area contributed by atoms with Gasteiger partial charge in [-0.05, 0) is 36.6 Å². The first-order valence-corrected chi connectivity index (χ1v) is 6.17. The SMILES string of the molecule is CCc1ccc(Oc2ccc([C@@H](C)N)cn2)cc1. The van der Waals surface area contributed by atoms with Crippen LogP contribution in [0, 0.1) is 0 Å². The van der Waals surface area contributed by atoms with E-state index in [1.165, 1.54) is 5.56 Å². The van der Waals surface area contributed by atoms with Gasteiger partial charge < -0.3 is 10.5 Å². The molecule has 3 heteroatoms. The van der Waals surface area contributed by atoms with E-state index in [-0.39, 0.29) is 6.04 Å². The van der Waals surface area contributed by atoms with Gasteiger partial charge in [0.05, 0.1) is 0 Å². The van der Waals surface area contributed by atoms with Gasteiger partial charge in [-0.1, -0.05) is 25.1 Å². The first-order chi connectivity index (χ1) is 8.69. The zero-order valence-electron chi connectivity index (χ0n) is 10.8. The lowest BCUT2D eigenvalue weighted by Gasteiger charge is -2.08. The molecule has 18 heavy (non-hydrogen) atoms. The Bertz CT molecular complexity index is 489. The molecular weight excluding hydrogens is 224 g/mol. The average Bonchev–Trinajstić information content (AvgIpc) is 2.40. The maximum atomic E-state index is 5.77. The number of aromatic nitrogens is 1. The van der Waals surface area contributed by atoms with Crippen LogP contribution < -0.4 is 10.5 Å². The molecule has 1 heterocycles. The highest BCUT2D eigenvalue weighted by Crippen LogP contribution is 2.21. The molecule has 1 atom stereocenters. The largest absolute Gasteiger partial charge is 0.439 e. The Balaban J connectivity index is 2.08. The van der Waals surface area contributed by atoms with Crippen LogP contribution in [0.2, 0.25) is 0 Å². The zero-order chi connectivity index (χ0) is 13.0. The zero-order valence-corrected chi connectivity index (χ0v) is 10.8. The van der Waals surface area contributed by atoms with Gasteiger partial charge in [-0.15, -0.1) is 0 Å². The van der Waals surface area contributed by atoms with E-state index < -0.39 is 0 Å². The molecule has 0 aliphatic rings. The molecule has 0 amide bonds. The van der Waals surface area contributed by atoms with E-state index in [1.54, 1.807) is 6.20 Å². The quantitative estimate of drug-likeness (QED) is 0.893. The van der Waals surface area contributed by atoms with Gasteiger partial charge in [0.2, 0.25) is 5.88 Å². The Kier molecular flexibility index (Phi) is 3.95. The van der Waals surface area contributed by atoms with Gasteiger partial charge in [-0.2, -0.15) is 0 Å². The molecule has 3 nitrogen and oxygen atoms in total. The van der Waals surface area contributed by atoms with Crippen LogP contribution >= 0.6 is 0 Å². The van der Waals surface area contributed by atoms with Gasteiger partial charge >= 0.3 is 0 Å². The molecule has 0 spiro atoms. The molecule has 0 aliphatic carbocycles. The fourth-order valence-corrected chi connectivity index (χ4v) is 1.64. The van der Waals surface area contributed by atoms with Gasteiger partial charge in [-0.3, -0.25) is 0 Å². The number of aryl methyl sites for hydroxylation is 1. The summed E-state index contributed by atoms with van der Waals surface area (Å²) < 4.78 is 5.66. The van der Waals surface area contributed by atoms with Gasteiger partial charge in [-0.25, -0.2) is 4.98 Å². The summed E-state index contributed by atoms with van der Waals surface area (Å²) in [6, 6.07) is 11.8. The van der Waals surface area contributed by atoms with Crippen LogP contribution in [0.4, 0.5) is 0 Å². The predicted octanol–water partition coefficient (Wildman–Crippen LogP) is 3.46. The normalized spacial score (nSPS) is 12.2. The maximum Gasteiger partial charge on any atom is 0.219 e. The third-order valence-corrected chi connectivity index (χ3v) is 2.84. The summed E-state index contributed by atoms with van der Waals surface area (Å²) >= 11 is 0. The van der Waals surface area contributed by atoms with Crippen LogP contribution in [0.1, 0.15) is 31.0 Å². The van der Waals surface area contributed by atoms with Crippen molar-refractivity contribution in [2.45, 2.75) is 26.3 Å². The minimum absolute atomic E-state index is 0.00427. The van der Waals surface area contributed by atoms with E-state index >= 15 is 0 Å². The highest BCUT2D eigenvalue weighted by Gasteiger charge is 2.02. The van der Waals surface area contributed by atoms with Crippen LogP contribution in [0.5, 0.6) is 11.6 Å². The number of pyridine rings is 1. The molecule has 0 saturated carbocycles. The molecule has 2 aromatic rings.